The minimum absolute atomic E-state index is 0.240. The van der Waals surface area contributed by atoms with Gasteiger partial charge >= 0.3 is 0 Å². The molecule has 1 atom stereocenters. The van der Waals surface area contributed by atoms with Crippen LogP contribution in [-0.2, 0) is 9.53 Å². The van der Waals surface area contributed by atoms with E-state index in [4.69, 9.17) is 9.47 Å². The molecule has 0 aliphatic carbocycles. The van der Waals surface area contributed by atoms with Crippen LogP contribution in [0.2, 0.25) is 0 Å². The van der Waals surface area contributed by atoms with Crippen molar-refractivity contribution in [2.24, 2.45) is 5.41 Å². The largest absolute Gasteiger partial charge is 0.493 e. The van der Waals surface area contributed by atoms with Crippen LogP contribution < -0.4 is 9.64 Å². The second-order valence-corrected chi connectivity index (χ2v) is 6.44. The van der Waals surface area contributed by atoms with Gasteiger partial charge in [0.15, 0.2) is 5.75 Å². The van der Waals surface area contributed by atoms with Gasteiger partial charge in [0, 0.05) is 39.5 Å². The zero-order chi connectivity index (χ0) is 16.4. The van der Waals surface area contributed by atoms with Crippen molar-refractivity contribution in [1.29, 1.82) is 0 Å². The molecular weight excluding hydrogens is 294 g/mol. The van der Waals surface area contributed by atoms with E-state index in [1.165, 1.54) is 0 Å². The quantitative estimate of drug-likeness (QED) is 0.823. The lowest BCUT2D eigenvalue weighted by Crippen LogP contribution is -2.38. The Morgan fingerprint density at radius 3 is 2.83 bits per heavy atom. The fraction of sp³-hybridized carbons (Fsp3) is 0.647. The summed E-state index contributed by atoms with van der Waals surface area (Å²) in [6.45, 7) is 5.71. The summed E-state index contributed by atoms with van der Waals surface area (Å²) in [6.07, 6.45) is 3.64. The molecule has 1 unspecified atom stereocenters. The van der Waals surface area contributed by atoms with E-state index in [1.54, 1.807) is 20.4 Å². The van der Waals surface area contributed by atoms with E-state index in [9.17, 15) is 4.79 Å². The summed E-state index contributed by atoms with van der Waals surface area (Å²) in [5, 5.41) is 0. The number of methoxy groups -OCH3 is 2. The molecule has 0 aromatic carbocycles. The predicted octanol–water partition coefficient (Wildman–Crippen LogP) is 1.47. The third-order valence-corrected chi connectivity index (χ3v) is 5.13. The van der Waals surface area contributed by atoms with Gasteiger partial charge in [0.05, 0.1) is 30.5 Å². The van der Waals surface area contributed by atoms with Crippen molar-refractivity contribution in [2.75, 3.05) is 51.9 Å². The number of ether oxygens (including phenoxy) is 2. The molecule has 126 valence electrons. The minimum Gasteiger partial charge on any atom is -0.493 e. The summed E-state index contributed by atoms with van der Waals surface area (Å²) in [4.78, 5) is 21.3. The van der Waals surface area contributed by atoms with Crippen molar-refractivity contribution in [3.05, 3.63) is 18.0 Å². The fourth-order valence-corrected chi connectivity index (χ4v) is 3.80. The van der Waals surface area contributed by atoms with Crippen LogP contribution in [0.25, 0.3) is 0 Å². The van der Waals surface area contributed by atoms with Crippen LogP contribution in [0.5, 0.6) is 5.75 Å². The molecule has 2 fully saturated rings. The summed E-state index contributed by atoms with van der Waals surface area (Å²) in [6, 6.07) is 1.98. The Hall–Kier alpha value is -1.82. The van der Waals surface area contributed by atoms with Gasteiger partial charge in [-0.15, -0.1) is 0 Å². The van der Waals surface area contributed by atoms with Crippen molar-refractivity contribution < 1.29 is 14.3 Å². The third kappa shape index (κ3) is 2.76. The van der Waals surface area contributed by atoms with E-state index in [1.807, 2.05) is 17.9 Å². The highest BCUT2D eigenvalue weighted by Gasteiger charge is 2.50. The lowest BCUT2D eigenvalue weighted by Gasteiger charge is -2.25. The van der Waals surface area contributed by atoms with Crippen molar-refractivity contribution in [3.63, 3.8) is 0 Å². The molecule has 23 heavy (non-hydrogen) atoms. The van der Waals surface area contributed by atoms with Crippen LogP contribution in [0.15, 0.2) is 12.3 Å². The van der Waals surface area contributed by atoms with E-state index in [0.29, 0.717) is 13.2 Å². The highest BCUT2D eigenvalue weighted by Crippen LogP contribution is 2.44. The predicted molar refractivity (Wildman–Crippen MR) is 87.9 cm³/mol. The molecule has 0 bridgehead atoms. The Balaban J connectivity index is 1.77. The van der Waals surface area contributed by atoms with E-state index < -0.39 is 0 Å². The Morgan fingerprint density at radius 2 is 2.09 bits per heavy atom. The first-order valence-corrected chi connectivity index (χ1v) is 8.14. The van der Waals surface area contributed by atoms with Crippen LogP contribution in [-0.4, -0.2) is 62.8 Å². The highest BCUT2D eigenvalue weighted by atomic mass is 16.5. The van der Waals surface area contributed by atoms with Crippen LogP contribution in [0.4, 0.5) is 5.69 Å². The molecule has 1 aromatic heterocycles. The number of nitrogens with zero attached hydrogens (tertiary/aromatic N) is 3. The number of aryl methyl sites for hydroxylation is 1. The van der Waals surface area contributed by atoms with Gasteiger partial charge in [-0.3, -0.25) is 9.78 Å². The van der Waals surface area contributed by atoms with Crippen LogP contribution in [0.1, 0.15) is 18.5 Å². The van der Waals surface area contributed by atoms with Gasteiger partial charge in [-0.05, 0) is 25.8 Å². The number of aromatic nitrogens is 1. The zero-order valence-electron chi connectivity index (χ0n) is 14.2. The molecule has 0 saturated carbocycles. The standard InChI is InChI=1S/C17H25N3O3/c1-13-15(23-3)14(4-7-18-13)20-9-6-17(12-20)5-8-19(16(17)21)10-11-22-2/h4,7H,5-6,8-12H2,1-3H3. The van der Waals surface area contributed by atoms with Crippen molar-refractivity contribution >= 4 is 11.6 Å². The second-order valence-electron chi connectivity index (χ2n) is 6.44. The lowest BCUT2D eigenvalue weighted by atomic mass is 9.85. The fourth-order valence-electron chi connectivity index (χ4n) is 3.80. The second kappa shape index (κ2) is 6.35. The van der Waals surface area contributed by atoms with Gasteiger partial charge in [-0.25, -0.2) is 0 Å². The summed E-state index contributed by atoms with van der Waals surface area (Å²) in [5.74, 6) is 1.09. The van der Waals surface area contributed by atoms with Crippen LogP contribution in [0.3, 0.4) is 0 Å². The maximum absolute atomic E-state index is 12.8. The topological polar surface area (TPSA) is 54.9 Å². The molecule has 3 rings (SSSR count). The van der Waals surface area contributed by atoms with E-state index in [-0.39, 0.29) is 11.3 Å². The van der Waals surface area contributed by atoms with E-state index in [2.05, 4.69) is 9.88 Å². The molecule has 1 amide bonds. The van der Waals surface area contributed by atoms with Crippen molar-refractivity contribution in [1.82, 2.24) is 9.88 Å². The molecule has 2 aliphatic heterocycles. The summed E-state index contributed by atoms with van der Waals surface area (Å²) in [5.41, 5.74) is 1.68. The van der Waals surface area contributed by atoms with Gasteiger partial charge in [0.1, 0.15) is 0 Å². The average Bonchev–Trinajstić information content (AvgIpc) is 3.12. The monoisotopic (exact) mass is 319 g/mol. The Labute approximate surface area is 137 Å². The number of carbonyl (C=O) groups excluding carboxylic acids is 1. The highest BCUT2D eigenvalue weighted by molar-refractivity contribution is 5.86. The van der Waals surface area contributed by atoms with Gasteiger partial charge in [-0.2, -0.15) is 0 Å². The number of hydrogen-bond acceptors (Lipinski definition) is 5. The van der Waals surface area contributed by atoms with Gasteiger partial charge in [-0.1, -0.05) is 0 Å². The maximum Gasteiger partial charge on any atom is 0.230 e. The summed E-state index contributed by atoms with van der Waals surface area (Å²) in [7, 11) is 3.35. The number of pyridine rings is 1. The normalized spacial score (nSPS) is 24.0. The summed E-state index contributed by atoms with van der Waals surface area (Å²) >= 11 is 0. The first kappa shape index (κ1) is 16.1. The van der Waals surface area contributed by atoms with Crippen LogP contribution in [0, 0.1) is 12.3 Å². The molecule has 1 spiro atoms. The Bertz CT molecular complexity index is 592. The van der Waals surface area contributed by atoms with Crippen LogP contribution >= 0.6 is 0 Å². The first-order chi connectivity index (χ1) is 11.1. The minimum atomic E-state index is -0.240. The van der Waals surface area contributed by atoms with E-state index >= 15 is 0 Å². The number of amides is 1. The van der Waals surface area contributed by atoms with Crippen molar-refractivity contribution in [2.45, 2.75) is 19.8 Å². The smallest absolute Gasteiger partial charge is 0.230 e. The number of hydrogen-bond donors (Lipinski definition) is 0. The zero-order valence-corrected chi connectivity index (χ0v) is 14.2. The van der Waals surface area contributed by atoms with E-state index in [0.717, 1.165) is 49.6 Å². The number of carbonyl (C=O) groups is 1. The summed E-state index contributed by atoms with van der Waals surface area (Å²) < 4.78 is 10.6. The molecule has 2 aliphatic rings. The van der Waals surface area contributed by atoms with Crippen molar-refractivity contribution in [3.8, 4) is 5.75 Å². The molecule has 0 N–H and O–H groups in total. The Morgan fingerprint density at radius 1 is 1.30 bits per heavy atom. The molecular formula is C17H25N3O3. The molecule has 0 radical (unpaired) electrons. The maximum atomic E-state index is 12.8. The van der Waals surface area contributed by atoms with Gasteiger partial charge < -0.3 is 19.3 Å². The lowest BCUT2D eigenvalue weighted by molar-refractivity contribution is -0.135. The molecule has 6 heteroatoms. The molecule has 3 heterocycles. The Kier molecular flexibility index (Phi) is 4.43. The number of likely N-dealkylation sites (tertiary alicyclic amines) is 1. The SMILES string of the molecule is COCCN1CCC2(CCN(c3ccnc(C)c3OC)C2)C1=O. The molecule has 1 aromatic rings. The third-order valence-electron chi connectivity index (χ3n) is 5.13. The first-order valence-electron chi connectivity index (χ1n) is 8.14. The average molecular weight is 319 g/mol. The van der Waals surface area contributed by atoms with Gasteiger partial charge in [0.2, 0.25) is 5.91 Å². The number of anilines is 1. The molecule has 6 nitrogen and oxygen atoms in total. The van der Waals surface area contributed by atoms with Gasteiger partial charge in [0.25, 0.3) is 0 Å². The number of rotatable bonds is 5. The molecule has 2 saturated heterocycles.